The monoisotopic (exact) mass is 252 g/mol. The Labute approximate surface area is 107 Å². The van der Waals surface area contributed by atoms with Gasteiger partial charge in [-0.25, -0.2) is 4.79 Å². The molecule has 0 aliphatic heterocycles. The number of hydrogen-bond acceptors (Lipinski definition) is 5. The molecule has 0 radical (unpaired) electrons. The van der Waals surface area contributed by atoms with Gasteiger partial charge in [-0.2, -0.15) is 0 Å². The Bertz CT molecular complexity index is 365. The average Bonchev–Trinajstić information content (AvgIpc) is 2.43. The molecule has 0 spiro atoms. The van der Waals surface area contributed by atoms with Gasteiger partial charge in [0.2, 0.25) is 0 Å². The van der Waals surface area contributed by atoms with E-state index < -0.39 is 0 Å². The maximum atomic E-state index is 11.2. The van der Waals surface area contributed by atoms with Crippen LogP contribution in [0.2, 0.25) is 0 Å². The summed E-state index contributed by atoms with van der Waals surface area (Å²) in [4.78, 5) is 17.7. The van der Waals surface area contributed by atoms with Crippen LogP contribution in [0.5, 0.6) is 0 Å². The van der Waals surface area contributed by atoms with Crippen molar-refractivity contribution in [3.8, 4) is 0 Å². The molecule has 0 bridgehead atoms. The molecule has 1 aromatic heterocycles. The number of hydrogen-bond donors (Lipinski definition) is 1. The average molecular weight is 252 g/mol. The third kappa shape index (κ3) is 4.43. The molecule has 5 nitrogen and oxygen atoms in total. The van der Waals surface area contributed by atoms with Crippen LogP contribution in [0.25, 0.3) is 0 Å². The second-order valence-electron chi connectivity index (χ2n) is 3.98. The van der Waals surface area contributed by atoms with Gasteiger partial charge >= 0.3 is 5.97 Å². The Morgan fingerprint density at radius 1 is 1.50 bits per heavy atom. The number of carbonyl (C=O) groups excluding carboxylic acids is 1. The fraction of sp³-hybridized carbons (Fsp3) is 0.538. The number of methoxy groups -OCH3 is 1. The first-order valence-corrected chi connectivity index (χ1v) is 6.07. The molecule has 0 aliphatic carbocycles. The normalized spacial score (nSPS) is 10.7. The van der Waals surface area contributed by atoms with Crippen molar-refractivity contribution in [2.75, 3.05) is 26.8 Å². The van der Waals surface area contributed by atoms with E-state index in [1.807, 2.05) is 6.07 Å². The Hall–Kier alpha value is -1.46. The number of aromatic nitrogens is 1. The molecule has 0 aromatic carbocycles. The van der Waals surface area contributed by atoms with Crippen molar-refractivity contribution in [1.82, 2.24) is 9.88 Å². The van der Waals surface area contributed by atoms with Crippen LogP contribution in [0, 0.1) is 0 Å². The van der Waals surface area contributed by atoms with Crippen molar-refractivity contribution >= 4 is 5.97 Å². The van der Waals surface area contributed by atoms with Crippen molar-refractivity contribution < 1.29 is 14.6 Å². The van der Waals surface area contributed by atoms with Gasteiger partial charge in [0.15, 0.2) is 0 Å². The Morgan fingerprint density at radius 2 is 2.28 bits per heavy atom. The maximum Gasteiger partial charge on any atom is 0.339 e. The lowest BCUT2D eigenvalue weighted by atomic mass is 10.2. The van der Waals surface area contributed by atoms with E-state index in [-0.39, 0.29) is 12.6 Å². The number of aliphatic hydroxyl groups excluding tert-OH is 1. The summed E-state index contributed by atoms with van der Waals surface area (Å²) >= 11 is 0. The van der Waals surface area contributed by atoms with E-state index in [1.165, 1.54) is 13.3 Å². The van der Waals surface area contributed by atoms with Gasteiger partial charge in [0.1, 0.15) is 0 Å². The highest BCUT2D eigenvalue weighted by Gasteiger charge is 2.07. The third-order valence-corrected chi connectivity index (χ3v) is 2.71. The highest BCUT2D eigenvalue weighted by Crippen LogP contribution is 2.05. The molecule has 0 aliphatic rings. The van der Waals surface area contributed by atoms with Crippen LogP contribution < -0.4 is 0 Å². The quantitative estimate of drug-likeness (QED) is 0.735. The smallest absolute Gasteiger partial charge is 0.339 e. The van der Waals surface area contributed by atoms with E-state index >= 15 is 0 Å². The van der Waals surface area contributed by atoms with Crippen LogP contribution in [0.3, 0.4) is 0 Å². The molecule has 1 rings (SSSR count). The zero-order valence-corrected chi connectivity index (χ0v) is 10.9. The summed E-state index contributed by atoms with van der Waals surface area (Å²) in [6.07, 6.45) is 2.29. The van der Waals surface area contributed by atoms with Gasteiger partial charge in [0, 0.05) is 25.9 Å². The molecule has 0 saturated carbocycles. The zero-order valence-electron chi connectivity index (χ0n) is 10.9. The first-order valence-electron chi connectivity index (χ1n) is 6.07. The molecule has 1 heterocycles. The third-order valence-electron chi connectivity index (χ3n) is 2.71. The van der Waals surface area contributed by atoms with Crippen LogP contribution in [-0.2, 0) is 11.3 Å². The molecular formula is C13H20N2O3. The van der Waals surface area contributed by atoms with E-state index in [2.05, 4.69) is 21.5 Å². The molecule has 18 heavy (non-hydrogen) atoms. The number of pyridine rings is 1. The van der Waals surface area contributed by atoms with Gasteiger partial charge in [-0.1, -0.05) is 6.92 Å². The van der Waals surface area contributed by atoms with Crippen LogP contribution >= 0.6 is 0 Å². The maximum absolute atomic E-state index is 11.2. The molecule has 0 fully saturated rings. The summed E-state index contributed by atoms with van der Waals surface area (Å²) in [5, 5.41) is 8.81. The number of nitrogens with zero attached hydrogens (tertiary/aromatic N) is 2. The Balaban J connectivity index is 2.59. The number of ether oxygens (including phenoxy) is 1. The number of aliphatic hydroxyl groups is 1. The van der Waals surface area contributed by atoms with Crippen molar-refractivity contribution in [2.45, 2.75) is 19.9 Å². The number of carbonyl (C=O) groups is 1. The van der Waals surface area contributed by atoms with Gasteiger partial charge in [-0.15, -0.1) is 0 Å². The minimum Gasteiger partial charge on any atom is -0.465 e. The van der Waals surface area contributed by atoms with Gasteiger partial charge in [0.05, 0.1) is 18.4 Å². The lowest BCUT2D eigenvalue weighted by Gasteiger charge is -2.19. The zero-order chi connectivity index (χ0) is 13.4. The molecule has 0 saturated heterocycles. The van der Waals surface area contributed by atoms with E-state index in [9.17, 15) is 4.79 Å². The molecule has 1 aromatic rings. The first-order chi connectivity index (χ1) is 8.71. The summed E-state index contributed by atoms with van der Waals surface area (Å²) in [6, 6.07) is 3.54. The summed E-state index contributed by atoms with van der Waals surface area (Å²) in [5.41, 5.74) is 1.36. The predicted molar refractivity (Wildman–Crippen MR) is 68.2 cm³/mol. The summed E-state index contributed by atoms with van der Waals surface area (Å²) < 4.78 is 4.61. The molecular weight excluding hydrogens is 232 g/mol. The van der Waals surface area contributed by atoms with Gasteiger partial charge in [-0.3, -0.25) is 9.88 Å². The molecule has 1 N–H and O–H groups in total. The topological polar surface area (TPSA) is 62.7 Å². The second-order valence-corrected chi connectivity index (χ2v) is 3.98. The van der Waals surface area contributed by atoms with E-state index in [0.717, 1.165) is 31.7 Å². The lowest BCUT2D eigenvalue weighted by Crippen LogP contribution is -2.25. The van der Waals surface area contributed by atoms with E-state index in [4.69, 9.17) is 5.11 Å². The standard InChI is InChI=1S/C13H20N2O3/c1-3-15(7-4-8-16)10-12-6-5-11(9-14-12)13(17)18-2/h5-6,9,16H,3-4,7-8,10H2,1-2H3. The minimum atomic E-state index is -0.373. The molecule has 100 valence electrons. The summed E-state index contributed by atoms with van der Waals surface area (Å²) in [5.74, 6) is -0.373. The van der Waals surface area contributed by atoms with Crippen LogP contribution in [0.4, 0.5) is 0 Å². The van der Waals surface area contributed by atoms with Crippen molar-refractivity contribution in [1.29, 1.82) is 0 Å². The summed E-state index contributed by atoms with van der Waals surface area (Å²) in [6.45, 7) is 4.73. The van der Waals surface area contributed by atoms with E-state index in [0.29, 0.717) is 5.56 Å². The first kappa shape index (κ1) is 14.6. The van der Waals surface area contributed by atoms with Crippen molar-refractivity contribution in [2.24, 2.45) is 0 Å². The van der Waals surface area contributed by atoms with Crippen LogP contribution in [0.1, 0.15) is 29.4 Å². The molecule has 0 atom stereocenters. The lowest BCUT2D eigenvalue weighted by molar-refractivity contribution is 0.0600. The summed E-state index contributed by atoms with van der Waals surface area (Å²) in [7, 11) is 1.35. The van der Waals surface area contributed by atoms with Crippen molar-refractivity contribution in [3.63, 3.8) is 0 Å². The fourth-order valence-electron chi connectivity index (χ4n) is 1.63. The number of esters is 1. The van der Waals surface area contributed by atoms with Crippen molar-refractivity contribution in [3.05, 3.63) is 29.6 Å². The highest BCUT2D eigenvalue weighted by molar-refractivity contribution is 5.88. The SMILES string of the molecule is CCN(CCCO)Cc1ccc(C(=O)OC)cn1. The largest absolute Gasteiger partial charge is 0.465 e. The highest BCUT2D eigenvalue weighted by atomic mass is 16.5. The molecule has 0 unspecified atom stereocenters. The Morgan fingerprint density at radius 3 is 2.78 bits per heavy atom. The van der Waals surface area contributed by atoms with Crippen LogP contribution in [-0.4, -0.2) is 47.8 Å². The van der Waals surface area contributed by atoms with Gasteiger partial charge in [-0.05, 0) is 25.1 Å². The van der Waals surface area contributed by atoms with Gasteiger partial charge < -0.3 is 9.84 Å². The van der Waals surface area contributed by atoms with Gasteiger partial charge in [0.25, 0.3) is 0 Å². The Kier molecular flexibility index (Phi) is 6.32. The van der Waals surface area contributed by atoms with Crippen LogP contribution in [0.15, 0.2) is 18.3 Å². The predicted octanol–water partition coefficient (Wildman–Crippen LogP) is 1.07. The molecule has 0 amide bonds. The fourth-order valence-corrected chi connectivity index (χ4v) is 1.63. The molecule has 5 heteroatoms. The second kappa shape index (κ2) is 7.79. The number of rotatable bonds is 7. The minimum absolute atomic E-state index is 0.200. The van der Waals surface area contributed by atoms with E-state index in [1.54, 1.807) is 6.07 Å².